The summed E-state index contributed by atoms with van der Waals surface area (Å²) in [7, 11) is 0. The number of aromatic amines is 1. The van der Waals surface area contributed by atoms with Crippen LogP contribution in [0.1, 0.15) is 50.4 Å². The van der Waals surface area contributed by atoms with Gasteiger partial charge < -0.3 is 15.0 Å². The van der Waals surface area contributed by atoms with Crippen molar-refractivity contribution in [3.63, 3.8) is 0 Å². The molecule has 31 heavy (non-hydrogen) atoms. The highest BCUT2D eigenvalue weighted by atomic mass is 32.2. The molecule has 8 nitrogen and oxygen atoms in total. The Morgan fingerprint density at radius 1 is 1.23 bits per heavy atom. The van der Waals surface area contributed by atoms with Gasteiger partial charge in [-0.05, 0) is 54.9 Å². The predicted octanol–water partition coefficient (Wildman–Crippen LogP) is 3.97. The van der Waals surface area contributed by atoms with Gasteiger partial charge in [0, 0.05) is 31.0 Å². The Kier molecular flexibility index (Phi) is 7.95. The van der Waals surface area contributed by atoms with Crippen LogP contribution in [-0.4, -0.2) is 57.5 Å². The van der Waals surface area contributed by atoms with Crippen LogP contribution in [0.4, 0.5) is 4.79 Å². The number of rotatable bonds is 7. The van der Waals surface area contributed by atoms with E-state index in [1.54, 1.807) is 40.9 Å². The van der Waals surface area contributed by atoms with E-state index in [2.05, 4.69) is 41.3 Å². The number of piperidine rings is 1. The molecule has 2 N–H and O–H groups in total. The summed E-state index contributed by atoms with van der Waals surface area (Å²) in [5.41, 5.74) is 0.731. The maximum atomic E-state index is 12.5. The van der Waals surface area contributed by atoms with E-state index >= 15 is 0 Å². The molecule has 1 aromatic heterocycles. The van der Waals surface area contributed by atoms with Gasteiger partial charge in [-0.2, -0.15) is 5.10 Å². The highest BCUT2D eigenvalue weighted by Crippen LogP contribution is 2.25. The number of nitrogens with zero attached hydrogens (tertiary/aromatic N) is 3. The van der Waals surface area contributed by atoms with E-state index in [9.17, 15) is 9.59 Å². The zero-order valence-electron chi connectivity index (χ0n) is 18.4. The number of nitrogens with one attached hydrogen (secondary N) is 2. The van der Waals surface area contributed by atoms with Crippen molar-refractivity contribution < 1.29 is 14.3 Å². The van der Waals surface area contributed by atoms with Gasteiger partial charge in [0.05, 0.1) is 0 Å². The number of hydrogen-bond acceptors (Lipinski definition) is 6. The molecule has 3 rings (SSSR count). The first kappa shape index (κ1) is 23.1. The van der Waals surface area contributed by atoms with Gasteiger partial charge in [0.2, 0.25) is 0 Å². The molecule has 0 atom stereocenters. The number of H-pyrrole nitrogens is 1. The summed E-state index contributed by atoms with van der Waals surface area (Å²) >= 11 is 1.66. The zero-order chi connectivity index (χ0) is 22.3. The highest BCUT2D eigenvalue weighted by molar-refractivity contribution is 7.99. The molecular weight excluding hydrogens is 414 g/mol. The Morgan fingerprint density at radius 2 is 1.94 bits per heavy atom. The van der Waals surface area contributed by atoms with E-state index in [4.69, 9.17) is 4.74 Å². The number of carbonyl (C=O) groups excluding carboxylic acids is 2. The maximum Gasteiger partial charge on any atom is 0.415 e. The van der Waals surface area contributed by atoms with Gasteiger partial charge in [-0.15, -0.1) is 0 Å². The van der Waals surface area contributed by atoms with Crippen LogP contribution in [0.2, 0.25) is 0 Å². The fourth-order valence-corrected chi connectivity index (χ4v) is 4.20. The number of aromatic nitrogens is 3. The lowest BCUT2D eigenvalue weighted by Crippen LogP contribution is -2.40. The molecule has 1 fully saturated rings. The van der Waals surface area contributed by atoms with Crippen molar-refractivity contribution in [2.45, 2.75) is 45.2 Å². The maximum absolute atomic E-state index is 12.5. The minimum Gasteiger partial charge on any atom is -0.410 e. The topological polar surface area (TPSA) is 100 Å². The monoisotopic (exact) mass is 445 g/mol. The SMILES string of the molecule is CC(C)(C)CCNC(=O)c1ccc(OC(=O)N2CCC(CSc3ncn[nH]3)CC2)cc1. The number of ether oxygens (including phenoxy) is 1. The quantitative estimate of drug-likeness (QED) is 0.626. The van der Waals surface area contributed by atoms with Gasteiger partial charge in [0.25, 0.3) is 5.91 Å². The van der Waals surface area contributed by atoms with Gasteiger partial charge >= 0.3 is 6.09 Å². The van der Waals surface area contributed by atoms with Crippen LogP contribution in [0, 0.1) is 11.3 Å². The van der Waals surface area contributed by atoms with Crippen molar-refractivity contribution in [3.05, 3.63) is 36.2 Å². The van der Waals surface area contributed by atoms with Crippen LogP contribution in [0.3, 0.4) is 0 Å². The molecule has 0 aliphatic carbocycles. The second kappa shape index (κ2) is 10.7. The Morgan fingerprint density at radius 3 is 2.55 bits per heavy atom. The highest BCUT2D eigenvalue weighted by Gasteiger charge is 2.24. The lowest BCUT2D eigenvalue weighted by molar-refractivity contribution is 0.0949. The number of carbonyl (C=O) groups is 2. The third-order valence-electron chi connectivity index (χ3n) is 5.20. The molecule has 2 aromatic rings. The Balaban J connectivity index is 1.40. The van der Waals surface area contributed by atoms with E-state index < -0.39 is 0 Å². The van der Waals surface area contributed by atoms with Crippen LogP contribution in [0.25, 0.3) is 0 Å². The zero-order valence-corrected chi connectivity index (χ0v) is 19.2. The summed E-state index contributed by atoms with van der Waals surface area (Å²) in [5.74, 6) is 1.82. The molecule has 0 saturated carbocycles. The number of likely N-dealkylation sites (tertiary alicyclic amines) is 1. The lowest BCUT2D eigenvalue weighted by atomic mass is 9.92. The molecule has 2 amide bonds. The Hall–Kier alpha value is -2.55. The standard InChI is InChI=1S/C22H31N5O3S/c1-22(2,3)10-11-23-19(28)17-4-6-18(7-5-17)30-21(29)27-12-8-16(9-13-27)14-31-20-24-15-25-26-20/h4-7,15-16H,8-14H2,1-3H3,(H,23,28)(H,24,25,26). The first-order chi connectivity index (χ1) is 14.8. The minimum atomic E-state index is -0.344. The fourth-order valence-electron chi connectivity index (χ4n) is 3.24. The molecule has 1 aliphatic rings. The van der Waals surface area contributed by atoms with E-state index in [1.807, 2.05) is 0 Å². The second-order valence-electron chi connectivity index (χ2n) is 8.99. The van der Waals surface area contributed by atoms with Crippen LogP contribution in [0.15, 0.2) is 35.7 Å². The van der Waals surface area contributed by atoms with Gasteiger partial charge in [-0.1, -0.05) is 32.5 Å². The second-order valence-corrected chi connectivity index (χ2v) is 10.00. The summed E-state index contributed by atoms with van der Waals surface area (Å²) in [6.45, 7) is 8.41. The Bertz CT molecular complexity index is 841. The molecule has 1 saturated heterocycles. The number of amides is 2. The van der Waals surface area contributed by atoms with E-state index in [0.717, 1.165) is 30.2 Å². The van der Waals surface area contributed by atoms with Crippen molar-refractivity contribution in [2.75, 3.05) is 25.4 Å². The number of benzene rings is 1. The fraction of sp³-hybridized carbons (Fsp3) is 0.545. The van der Waals surface area contributed by atoms with Crippen LogP contribution in [-0.2, 0) is 0 Å². The van der Waals surface area contributed by atoms with Crippen molar-refractivity contribution in [1.29, 1.82) is 0 Å². The molecule has 2 heterocycles. The average Bonchev–Trinajstić information content (AvgIpc) is 3.26. The molecule has 9 heteroatoms. The van der Waals surface area contributed by atoms with Crippen molar-refractivity contribution >= 4 is 23.8 Å². The minimum absolute atomic E-state index is 0.118. The molecule has 0 bridgehead atoms. The molecular formula is C22H31N5O3S. The van der Waals surface area contributed by atoms with E-state index in [1.165, 1.54) is 6.33 Å². The van der Waals surface area contributed by atoms with E-state index in [0.29, 0.717) is 36.9 Å². The largest absolute Gasteiger partial charge is 0.415 e. The molecule has 0 unspecified atom stereocenters. The first-order valence-electron chi connectivity index (χ1n) is 10.6. The predicted molar refractivity (Wildman–Crippen MR) is 120 cm³/mol. The van der Waals surface area contributed by atoms with Crippen LogP contribution >= 0.6 is 11.8 Å². The molecule has 0 radical (unpaired) electrons. The summed E-state index contributed by atoms with van der Waals surface area (Å²) in [5, 5.41) is 10.5. The molecule has 1 aromatic carbocycles. The molecule has 0 spiro atoms. The van der Waals surface area contributed by atoms with Gasteiger partial charge in [-0.25, -0.2) is 9.78 Å². The lowest BCUT2D eigenvalue weighted by Gasteiger charge is -2.30. The van der Waals surface area contributed by atoms with Crippen molar-refractivity contribution in [2.24, 2.45) is 11.3 Å². The smallest absolute Gasteiger partial charge is 0.410 e. The van der Waals surface area contributed by atoms with E-state index in [-0.39, 0.29) is 17.4 Å². The van der Waals surface area contributed by atoms with Gasteiger partial charge in [0.15, 0.2) is 5.16 Å². The summed E-state index contributed by atoms with van der Waals surface area (Å²) < 4.78 is 5.50. The van der Waals surface area contributed by atoms with Gasteiger partial charge in [0.1, 0.15) is 12.1 Å². The van der Waals surface area contributed by atoms with Gasteiger partial charge in [-0.3, -0.25) is 9.89 Å². The van der Waals surface area contributed by atoms with Crippen molar-refractivity contribution in [3.8, 4) is 5.75 Å². The van der Waals surface area contributed by atoms with Crippen LogP contribution in [0.5, 0.6) is 5.75 Å². The van der Waals surface area contributed by atoms with Crippen LogP contribution < -0.4 is 10.1 Å². The average molecular weight is 446 g/mol. The summed E-state index contributed by atoms with van der Waals surface area (Å²) in [6, 6.07) is 6.69. The number of hydrogen-bond donors (Lipinski definition) is 2. The molecule has 168 valence electrons. The third-order valence-corrected chi connectivity index (χ3v) is 6.31. The Labute approximate surface area is 187 Å². The third kappa shape index (κ3) is 7.57. The summed E-state index contributed by atoms with van der Waals surface area (Å²) in [4.78, 5) is 30.6. The van der Waals surface area contributed by atoms with Crippen molar-refractivity contribution in [1.82, 2.24) is 25.4 Å². The summed E-state index contributed by atoms with van der Waals surface area (Å²) in [6.07, 6.45) is 3.94. The normalized spacial score (nSPS) is 15.0. The first-order valence-corrected chi connectivity index (χ1v) is 11.6. The number of thioether (sulfide) groups is 1. The molecule has 1 aliphatic heterocycles.